The maximum atomic E-state index is 12.3. The fourth-order valence-corrected chi connectivity index (χ4v) is 2.12. The largest absolute Gasteiger partial charge is 0.497 e. The second-order valence-electron chi connectivity index (χ2n) is 4.02. The molecule has 0 amide bonds. The van der Waals surface area contributed by atoms with Gasteiger partial charge >= 0.3 is 0 Å². The number of tetrazole rings is 1. The van der Waals surface area contributed by atoms with Crippen LogP contribution in [-0.2, 0) is 0 Å². The minimum Gasteiger partial charge on any atom is -0.497 e. The zero-order valence-electron chi connectivity index (χ0n) is 9.73. The fraction of sp³-hybridized carbons (Fsp3) is 0.0909. The third-order valence-corrected chi connectivity index (χ3v) is 3.01. The minimum absolute atomic E-state index is 0.193. The van der Waals surface area contributed by atoms with Gasteiger partial charge in [0, 0.05) is 11.1 Å². The van der Waals surface area contributed by atoms with Gasteiger partial charge in [-0.05, 0) is 28.6 Å². The number of ether oxygens (including phenoxy) is 1. The van der Waals surface area contributed by atoms with Gasteiger partial charge in [-0.2, -0.15) is 0 Å². The zero-order chi connectivity index (χ0) is 13.0. The number of methoxy groups -OCH3 is 1. The third kappa shape index (κ3) is 1.22. The Kier molecular flexibility index (Phi) is 1.75. The van der Waals surface area contributed by atoms with Gasteiger partial charge in [0.1, 0.15) is 17.1 Å². The lowest BCUT2D eigenvalue weighted by Gasteiger charge is -2.01. The number of ketones is 1. The van der Waals surface area contributed by atoms with Crippen molar-refractivity contribution in [1.29, 1.82) is 0 Å². The van der Waals surface area contributed by atoms with Crippen molar-refractivity contribution in [3.8, 4) is 17.0 Å². The number of aromatic nitrogens is 6. The molecule has 0 bridgehead atoms. The molecule has 1 aliphatic carbocycles. The highest BCUT2D eigenvalue weighted by atomic mass is 16.5. The summed E-state index contributed by atoms with van der Waals surface area (Å²) in [5, 5.41) is 15.0. The number of rotatable bonds is 1. The topological polar surface area (TPSA) is 95.2 Å². The average molecular weight is 254 g/mol. The van der Waals surface area contributed by atoms with Crippen LogP contribution in [0.2, 0.25) is 0 Å². The SMILES string of the molecule is COc1ccc2c(c1)C(=O)c1nc3nnnn3nc1-2. The van der Waals surface area contributed by atoms with Crippen LogP contribution in [0.1, 0.15) is 16.1 Å². The van der Waals surface area contributed by atoms with E-state index < -0.39 is 0 Å². The Hall–Kier alpha value is -2.90. The highest BCUT2D eigenvalue weighted by Crippen LogP contribution is 2.35. The molecule has 1 aromatic carbocycles. The van der Waals surface area contributed by atoms with Crippen LogP contribution in [0.5, 0.6) is 5.75 Å². The van der Waals surface area contributed by atoms with E-state index in [1.54, 1.807) is 25.3 Å². The van der Waals surface area contributed by atoms with Gasteiger partial charge in [0.2, 0.25) is 5.78 Å². The summed E-state index contributed by atoms with van der Waals surface area (Å²) in [6.07, 6.45) is 0. The van der Waals surface area contributed by atoms with E-state index >= 15 is 0 Å². The number of hydrogen-bond donors (Lipinski definition) is 0. The van der Waals surface area contributed by atoms with Gasteiger partial charge in [-0.1, -0.05) is 9.73 Å². The van der Waals surface area contributed by atoms with Crippen LogP contribution in [0.15, 0.2) is 18.2 Å². The van der Waals surface area contributed by atoms with E-state index in [9.17, 15) is 4.79 Å². The normalized spacial score (nSPS) is 12.6. The lowest BCUT2D eigenvalue weighted by atomic mass is 10.1. The molecule has 0 unspecified atom stereocenters. The van der Waals surface area contributed by atoms with Crippen LogP contribution >= 0.6 is 0 Å². The van der Waals surface area contributed by atoms with Crippen molar-refractivity contribution >= 4 is 11.6 Å². The molecule has 0 radical (unpaired) electrons. The lowest BCUT2D eigenvalue weighted by Crippen LogP contribution is -2.04. The predicted molar refractivity (Wildman–Crippen MR) is 61.8 cm³/mol. The maximum absolute atomic E-state index is 12.3. The monoisotopic (exact) mass is 254 g/mol. The molecule has 2 aromatic heterocycles. The number of carbonyl (C=O) groups is 1. The van der Waals surface area contributed by atoms with Crippen LogP contribution in [0.3, 0.4) is 0 Å². The fourth-order valence-electron chi connectivity index (χ4n) is 2.12. The number of nitrogens with zero attached hydrogens (tertiary/aromatic N) is 6. The molecule has 92 valence electrons. The maximum Gasteiger partial charge on any atom is 0.292 e. The van der Waals surface area contributed by atoms with Gasteiger partial charge in [-0.3, -0.25) is 4.79 Å². The Labute approximate surface area is 106 Å². The Morgan fingerprint density at radius 2 is 2.11 bits per heavy atom. The molecule has 3 aromatic rings. The summed E-state index contributed by atoms with van der Waals surface area (Å²) in [6, 6.07) is 5.23. The van der Waals surface area contributed by atoms with Gasteiger partial charge in [-0.25, -0.2) is 4.98 Å². The van der Waals surface area contributed by atoms with E-state index in [4.69, 9.17) is 4.74 Å². The Morgan fingerprint density at radius 1 is 1.21 bits per heavy atom. The van der Waals surface area contributed by atoms with E-state index in [0.717, 1.165) is 0 Å². The summed E-state index contributed by atoms with van der Waals surface area (Å²) in [7, 11) is 1.55. The smallest absolute Gasteiger partial charge is 0.292 e. The van der Waals surface area contributed by atoms with Gasteiger partial charge in [-0.15, -0.1) is 5.10 Å². The Bertz CT molecular complexity index is 840. The van der Waals surface area contributed by atoms with E-state index in [-0.39, 0.29) is 17.3 Å². The van der Waals surface area contributed by atoms with Crippen molar-refractivity contribution in [1.82, 2.24) is 30.2 Å². The number of hydrogen-bond acceptors (Lipinski definition) is 7. The quantitative estimate of drug-likeness (QED) is 0.476. The lowest BCUT2D eigenvalue weighted by molar-refractivity contribution is 0.103. The predicted octanol–water partition coefficient (Wildman–Crippen LogP) is 0.134. The molecule has 0 N–H and O–H groups in total. The Balaban J connectivity index is 2.04. The Morgan fingerprint density at radius 3 is 2.95 bits per heavy atom. The number of fused-ring (bicyclic) bond motifs is 4. The van der Waals surface area contributed by atoms with Gasteiger partial charge in [0.15, 0.2) is 0 Å². The number of benzene rings is 1. The molecule has 2 heterocycles. The summed E-state index contributed by atoms with van der Waals surface area (Å²) in [6.45, 7) is 0. The molecule has 4 rings (SSSR count). The standard InChI is InChI=1S/C11H6N6O2/c1-19-5-2-3-6-7(4-5)10(18)9-8(6)14-17-11(12-9)13-15-16-17/h2-4H,1H3. The molecule has 0 saturated heterocycles. The van der Waals surface area contributed by atoms with E-state index in [1.165, 1.54) is 4.63 Å². The van der Waals surface area contributed by atoms with Gasteiger partial charge in [0.25, 0.3) is 5.78 Å². The summed E-state index contributed by atoms with van der Waals surface area (Å²) in [5.74, 6) is 0.623. The first kappa shape index (κ1) is 10.1. The second-order valence-corrected chi connectivity index (χ2v) is 4.02. The van der Waals surface area contributed by atoms with E-state index in [1.807, 2.05) is 0 Å². The molecule has 1 aliphatic rings. The average Bonchev–Trinajstić information content (AvgIpc) is 3.00. The minimum atomic E-state index is -0.193. The van der Waals surface area contributed by atoms with Gasteiger partial charge < -0.3 is 4.74 Å². The first-order valence-electron chi connectivity index (χ1n) is 5.47. The van der Waals surface area contributed by atoms with Crippen molar-refractivity contribution in [2.75, 3.05) is 7.11 Å². The van der Waals surface area contributed by atoms with Crippen molar-refractivity contribution in [3.63, 3.8) is 0 Å². The second kappa shape index (κ2) is 3.31. The van der Waals surface area contributed by atoms with Crippen LogP contribution in [0.4, 0.5) is 0 Å². The van der Waals surface area contributed by atoms with Crippen LogP contribution in [0, 0.1) is 0 Å². The molecular formula is C11H6N6O2. The summed E-state index contributed by atoms with van der Waals surface area (Å²) in [4.78, 5) is 16.4. The number of carbonyl (C=O) groups excluding carboxylic acids is 1. The van der Waals surface area contributed by atoms with Crippen molar-refractivity contribution in [2.24, 2.45) is 0 Å². The van der Waals surface area contributed by atoms with Gasteiger partial charge in [0.05, 0.1) is 7.11 Å². The molecule has 0 aliphatic heterocycles. The first-order valence-corrected chi connectivity index (χ1v) is 5.47. The van der Waals surface area contributed by atoms with Crippen molar-refractivity contribution in [2.45, 2.75) is 0 Å². The molecule has 0 atom stereocenters. The van der Waals surface area contributed by atoms with E-state index in [0.29, 0.717) is 22.6 Å². The molecule has 19 heavy (non-hydrogen) atoms. The molecular weight excluding hydrogens is 248 g/mol. The highest BCUT2D eigenvalue weighted by Gasteiger charge is 2.31. The van der Waals surface area contributed by atoms with Crippen molar-refractivity contribution < 1.29 is 9.53 Å². The van der Waals surface area contributed by atoms with E-state index in [2.05, 4.69) is 25.6 Å². The van der Waals surface area contributed by atoms with Crippen LogP contribution in [-0.4, -0.2) is 43.1 Å². The first-order chi connectivity index (χ1) is 9.28. The summed E-state index contributed by atoms with van der Waals surface area (Å²) >= 11 is 0. The molecule has 0 spiro atoms. The summed E-state index contributed by atoms with van der Waals surface area (Å²) < 4.78 is 6.32. The van der Waals surface area contributed by atoms with Crippen LogP contribution < -0.4 is 4.74 Å². The molecule has 0 fully saturated rings. The molecule has 0 saturated carbocycles. The molecule has 8 nitrogen and oxygen atoms in total. The molecule has 8 heteroatoms. The highest BCUT2D eigenvalue weighted by molar-refractivity contribution is 6.20. The zero-order valence-corrected chi connectivity index (χ0v) is 9.73. The third-order valence-electron chi connectivity index (χ3n) is 3.01. The summed E-state index contributed by atoms with van der Waals surface area (Å²) in [5.41, 5.74) is 1.99. The van der Waals surface area contributed by atoms with Crippen LogP contribution in [0.25, 0.3) is 17.0 Å². The van der Waals surface area contributed by atoms with Crippen molar-refractivity contribution in [3.05, 3.63) is 29.5 Å².